The Hall–Kier alpha value is -0.420. The first-order valence-corrected chi connectivity index (χ1v) is 11.4. The van der Waals surface area contributed by atoms with Crippen LogP contribution in [-0.2, 0) is 9.47 Å². The number of rotatable bonds is 3. The van der Waals surface area contributed by atoms with Crippen molar-refractivity contribution in [2.24, 2.45) is 34.5 Å². The van der Waals surface area contributed by atoms with Crippen LogP contribution in [0.15, 0.2) is 12.2 Å². The van der Waals surface area contributed by atoms with E-state index in [1.54, 1.807) is 0 Å². The molecule has 0 amide bonds. The van der Waals surface area contributed by atoms with E-state index >= 15 is 0 Å². The van der Waals surface area contributed by atoms with Gasteiger partial charge in [0.2, 0.25) is 0 Å². The van der Waals surface area contributed by atoms with Gasteiger partial charge in [-0.3, -0.25) is 0 Å². The van der Waals surface area contributed by atoms with E-state index < -0.39 is 11.4 Å². The largest absolute Gasteiger partial charge is 0.396 e. The molecule has 4 rings (SSSR count). The van der Waals surface area contributed by atoms with Gasteiger partial charge >= 0.3 is 0 Å². The van der Waals surface area contributed by atoms with Crippen molar-refractivity contribution in [2.45, 2.75) is 90.6 Å². The highest BCUT2D eigenvalue weighted by molar-refractivity contribution is 5.28. The fourth-order valence-electron chi connectivity index (χ4n) is 8.07. The predicted octanol–water partition coefficient (Wildman–Crippen LogP) is 4.30. The molecule has 0 aromatic rings. The molecule has 3 aliphatic carbocycles. The normalized spacial score (nSPS) is 52.7. The highest BCUT2D eigenvalue weighted by Gasteiger charge is 2.69. The highest BCUT2D eigenvalue weighted by atomic mass is 16.7. The van der Waals surface area contributed by atoms with Gasteiger partial charge in [0.25, 0.3) is 0 Å². The van der Waals surface area contributed by atoms with Crippen molar-refractivity contribution >= 4 is 0 Å². The Kier molecular flexibility index (Phi) is 4.86. The monoisotopic (exact) mass is 392 g/mol. The third-order valence-corrected chi connectivity index (χ3v) is 9.31. The van der Waals surface area contributed by atoms with E-state index in [0.29, 0.717) is 11.8 Å². The Morgan fingerprint density at radius 2 is 1.79 bits per heavy atom. The minimum Gasteiger partial charge on any atom is -0.396 e. The summed E-state index contributed by atoms with van der Waals surface area (Å²) in [7, 11) is 0. The van der Waals surface area contributed by atoms with Crippen LogP contribution in [0.5, 0.6) is 0 Å². The van der Waals surface area contributed by atoms with E-state index in [1.807, 2.05) is 13.8 Å². The van der Waals surface area contributed by atoms with E-state index in [9.17, 15) is 10.2 Å². The summed E-state index contributed by atoms with van der Waals surface area (Å²) in [6.45, 7) is 15.6. The Bertz CT molecular complexity index is 645. The molecule has 1 saturated heterocycles. The smallest absolute Gasteiger partial charge is 0.164 e. The summed E-state index contributed by atoms with van der Waals surface area (Å²) in [4.78, 5) is 0. The molecule has 1 heterocycles. The Morgan fingerprint density at radius 1 is 1.07 bits per heavy atom. The maximum Gasteiger partial charge on any atom is 0.164 e. The van der Waals surface area contributed by atoms with Gasteiger partial charge in [-0.2, -0.15) is 0 Å². The third kappa shape index (κ3) is 2.64. The van der Waals surface area contributed by atoms with Gasteiger partial charge < -0.3 is 19.7 Å². The molecule has 28 heavy (non-hydrogen) atoms. The van der Waals surface area contributed by atoms with Crippen molar-refractivity contribution < 1.29 is 19.7 Å². The number of hydrogen-bond donors (Lipinski definition) is 2. The highest BCUT2D eigenvalue weighted by Crippen LogP contribution is 2.68. The Balaban J connectivity index is 1.86. The summed E-state index contributed by atoms with van der Waals surface area (Å²) in [6, 6.07) is 0. The van der Waals surface area contributed by atoms with Gasteiger partial charge in [0.15, 0.2) is 5.79 Å². The topological polar surface area (TPSA) is 58.9 Å². The fraction of sp³-hybridized carbons (Fsp3) is 0.917. The van der Waals surface area contributed by atoms with Gasteiger partial charge in [0, 0.05) is 24.5 Å². The molecule has 4 aliphatic rings. The van der Waals surface area contributed by atoms with E-state index in [4.69, 9.17) is 9.47 Å². The molecule has 0 aromatic heterocycles. The lowest BCUT2D eigenvalue weighted by Crippen LogP contribution is -2.71. The lowest BCUT2D eigenvalue weighted by Gasteiger charge is -2.69. The summed E-state index contributed by atoms with van der Waals surface area (Å²) < 4.78 is 13.2. The maximum absolute atomic E-state index is 10.8. The molecular weight excluding hydrogens is 352 g/mol. The first-order valence-electron chi connectivity index (χ1n) is 11.4. The molecule has 2 N–H and O–H groups in total. The number of aliphatic hydroxyl groups is 2. The lowest BCUT2D eigenvalue weighted by atomic mass is 9.40. The van der Waals surface area contributed by atoms with E-state index in [0.717, 1.165) is 38.5 Å². The molecule has 8 atom stereocenters. The predicted molar refractivity (Wildman–Crippen MR) is 110 cm³/mol. The summed E-state index contributed by atoms with van der Waals surface area (Å²) in [5.41, 5.74) is 0.492. The molecule has 0 bridgehead atoms. The van der Waals surface area contributed by atoms with Crippen LogP contribution in [0.25, 0.3) is 0 Å². The van der Waals surface area contributed by atoms with Crippen LogP contribution in [0, 0.1) is 34.5 Å². The van der Waals surface area contributed by atoms with Gasteiger partial charge in [0.05, 0.1) is 11.7 Å². The van der Waals surface area contributed by atoms with Gasteiger partial charge in [-0.05, 0) is 81.6 Å². The molecular formula is C24H40O4. The van der Waals surface area contributed by atoms with E-state index in [-0.39, 0.29) is 42.0 Å². The molecule has 4 heteroatoms. The quantitative estimate of drug-likeness (QED) is 0.703. The van der Waals surface area contributed by atoms with Gasteiger partial charge in [0.1, 0.15) is 0 Å². The maximum atomic E-state index is 10.8. The summed E-state index contributed by atoms with van der Waals surface area (Å²) in [6.07, 6.45) is 6.23. The van der Waals surface area contributed by atoms with Crippen LogP contribution in [0.1, 0.15) is 73.1 Å². The van der Waals surface area contributed by atoms with Crippen molar-refractivity contribution in [3.8, 4) is 0 Å². The minimum absolute atomic E-state index is 0.0851. The molecule has 3 saturated carbocycles. The van der Waals surface area contributed by atoms with Gasteiger partial charge in [-0.15, -0.1) is 0 Å². The number of ether oxygens (including phenoxy) is 2. The van der Waals surface area contributed by atoms with Crippen LogP contribution < -0.4 is 0 Å². The standard InChI is InChI=1S/C24H40O4/c1-7-16-11-17-20-18(27-21(3,4)28-23(20,6)15(16)2)12-19-22(5,13-25)9-8-10-24(17,19)14-26/h16-20,25-26H,2,7-14H2,1,3-6H3. The van der Waals surface area contributed by atoms with Gasteiger partial charge in [-0.1, -0.05) is 26.8 Å². The average Bonchev–Trinajstić information content (AvgIpc) is 2.64. The molecule has 0 radical (unpaired) electrons. The minimum atomic E-state index is -0.650. The Morgan fingerprint density at radius 3 is 2.39 bits per heavy atom. The molecule has 1 aliphatic heterocycles. The van der Waals surface area contributed by atoms with Crippen LogP contribution in [0.3, 0.4) is 0 Å². The fourth-order valence-corrected chi connectivity index (χ4v) is 8.07. The second-order valence-electron chi connectivity index (χ2n) is 11.1. The summed E-state index contributed by atoms with van der Waals surface area (Å²) in [5.74, 6) is 0.592. The average molecular weight is 393 g/mol. The summed E-state index contributed by atoms with van der Waals surface area (Å²) in [5, 5.41) is 21.2. The van der Waals surface area contributed by atoms with Crippen molar-refractivity contribution in [3.05, 3.63) is 12.2 Å². The van der Waals surface area contributed by atoms with E-state index in [1.165, 1.54) is 5.57 Å². The third-order valence-electron chi connectivity index (χ3n) is 9.31. The zero-order valence-electron chi connectivity index (χ0n) is 18.5. The van der Waals surface area contributed by atoms with Crippen molar-refractivity contribution in [3.63, 3.8) is 0 Å². The molecule has 0 spiro atoms. The van der Waals surface area contributed by atoms with Crippen molar-refractivity contribution in [1.82, 2.24) is 0 Å². The van der Waals surface area contributed by atoms with Crippen LogP contribution in [0.4, 0.5) is 0 Å². The number of fused-ring (bicyclic) bond motifs is 2. The SMILES string of the molecule is C=C1C(CC)CC2C3C(CC4C(C)(CO)CCCC24CO)OC(C)(C)OC13C. The lowest BCUT2D eigenvalue weighted by molar-refractivity contribution is -0.382. The zero-order valence-corrected chi connectivity index (χ0v) is 18.5. The van der Waals surface area contributed by atoms with E-state index in [2.05, 4.69) is 27.4 Å². The first-order chi connectivity index (χ1) is 13.1. The molecule has 8 unspecified atom stereocenters. The molecule has 4 fully saturated rings. The molecule has 160 valence electrons. The first kappa shape index (κ1) is 20.8. The summed E-state index contributed by atoms with van der Waals surface area (Å²) >= 11 is 0. The number of aliphatic hydroxyl groups excluding tert-OH is 2. The van der Waals surface area contributed by atoms with Crippen LogP contribution >= 0.6 is 0 Å². The zero-order chi connectivity index (χ0) is 20.5. The van der Waals surface area contributed by atoms with Crippen LogP contribution in [0.2, 0.25) is 0 Å². The number of hydrogen-bond acceptors (Lipinski definition) is 4. The second-order valence-corrected chi connectivity index (χ2v) is 11.1. The second kappa shape index (κ2) is 6.54. The molecule has 0 aromatic carbocycles. The Labute approximate surface area is 170 Å². The van der Waals surface area contributed by atoms with Crippen molar-refractivity contribution in [1.29, 1.82) is 0 Å². The van der Waals surface area contributed by atoms with Crippen molar-refractivity contribution in [2.75, 3.05) is 13.2 Å². The van der Waals surface area contributed by atoms with Gasteiger partial charge in [-0.25, -0.2) is 0 Å². The van der Waals surface area contributed by atoms with Crippen LogP contribution in [-0.4, -0.2) is 40.9 Å². The molecule has 4 nitrogen and oxygen atoms in total.